The number of nitrogens with zero attached hydrogens (tertiary/aromatic N) is 3. The normalized spacial score (nSPS) is 11.0. The van der Waals surface area contributed by atoms with Gasteiger partial charge in [0, 0.05) is 23.9 Å². The first kappa shape index (κ1) is 20.2. The van der Waals surface area contributed by atoms with Gasteiger partial charge in [-0.1, -0.05) is 23.7 Å². The molecule has 152 valence electrons. The number of nitrogens with one attached hydrogen (secondary N) is 1. The number of rotatable bonds is 5. The lowest BCUT2D eigenvalue weighted by Crippen LogP contribution is -2.23. The van der Waals surface area contributed by atoms with E-state index in [0.717, 1.165) is 5.56 Å². The molecule has 2 aromatic carbocycles. The molecule has 2 aromatic heterocycles. The maximum Gasteiger partial charge on any atom is 0.261 e. The second-order valence-electron chi connectivity index (χ2n) is 6.68. The minimum Gasteiger partial charge on any atom is -0.302 e. The van der Waals surface area contributed by atoms with Crippen LogP contribution in [-0.4, -0.2) is 20.4 Å². The highest BCUT2D eigenvalue weighted by molar-refractivity contribution is 7.14. The first-order valence-electron chi connectivity index (χ1n) is 9.08. The Morgan fingerprint density at radius 3 is 2.93 bits per heavy atom. The summed E-state index contributed by atoms with van der Waals surface area (Å²) in [4.78, 5) is 33.6. The molecule has 0 radical (unpaired) electrons. The average Bonchev–Trinajstić information content (AvgIpc) is 3.18. The van der Waals surface area contributed by atoms with Gasteiger partial charge in [-0.2, -0.15) is 0 Å². The topological polar surface area (TPSA) is 76.9 Å². The van der Waals surface area contributed by atoms with Gasteiger partial charge in [-0.15, -0.1) is 11.3 Å². The molecule has 1 amide bonds. The molecular formula is C21H16ClFN4O2S. The van der Waals surface area contributed by atoms with Crippen molar-refractivity contribution < 1.29 is 9.18 Å². The molecule has 0 atom stereocenters. The Hall–Kier alpha value is -3.10. The fourth-order valence-corrected chi connectivity index (χ4v) is 3.94. The molecule has 0 saturated carbocycles. The number of halogens is 2. The Morgan fingerprint density at radius 1 is 1.30 bits per heavy atom. The maximum absolute atomic E-state index is 13.3. The van der Waals surface area contributed by atoms with E-state index in [1.54, 1.807) is 17.5 Å². The molecule has 30 heavy (non-hydrogen) atoms. The standard InChI is InChI=1S/C21H16ClFN4O2S/c1-12-3-2-4-14-19(12)24-11-27(20(14)29)8-7-18(28)26-21-25-17(10-30-21)13-5-6-16(23)15(22)9-13/h2-6,9-11H,7-8H2,1H3,(H,25,26,28). The van der Waals surface area contributed by atoms with Crippen molar-refractivity contribution in [3.05, 3.63) is 74.9 Å². The first-order chi connectivity index (χ1) is 14.4. The molecule has 0 fully saturated rings. The Morgan fingerprint density at radius 2 is 2.13 bits per heavy atom. The van der Waals surface area contributed by atoms with Gasteiger partial charge in [-0.25, -0.2) is 14.4 Å². The zero-order chi connectivity index (χ0) is 21.3. The predicted molar refractivity (Wildman–Crippen MR) is 117 cm³/mol. The van der Waals surface area contributed by atoms with E-state index in [2.05, 4.69) is 15.3 Å². The smallest absolute Gasteiger partial charge is 0.261 e. The van der Waals surface area contributed by atoms with Crippen LogP contribution in [0.25, 0.3) is 22.2 Å². The fourth-order valence-electron chi connectivity index (χ4n) is 3.02. The Balaban J connectivity index is 1.43. The van der Waals surface area contributed by atoms with E-state index >= 15 is 0 Å². The molecule has 6 nitrogen and oxygen atoms in total. The molecule has 0 spiro atoms. The van der Waals surface area contributed by atoms with Gasteiger partial charge < -0.3 is 5.32 Å². The molecule has 0 saturated heterocycles. The average molecular weight is 443 g/mol. The van der Waals surface area contributed by atoms with Gasteiger partial charge in [0.05, 0.1) is 27.9 Å². The highest BCUT2D eigenvalue weighted by Gasteiger charge is 2.11. The number of thiazole rings is 1. The first-order valence-corrected chi connectivity index (χ1v) is 10.3. The number of benzene rings is 2. The van der Waals surface area contributed by atoms with E-state index in [0.29, 0.717) is 27.3 Å². The summed E-state index contributed by atoms with van der Waals surface area (Å²) in [5.41, 5.74) is 2.65. The van der Waals surface area contributed by atoms with Crippen molar-refractivity contribution in [3.8, 4) is 11.3 Å². The monoisotopic (exact) mass is 442 g/mol. The third-order valence-corrected chi connectivity index (χ3v) is 5.65. The van der Waals surface area contributed by atoms with E-state index in [1.165, 1.54) is 34.4 Å². The summed E-state index contributed by atoms with van der Waals surface area (Å²) < 4.78 is 14.7. The zero-order valence-electron chi connectivity index (χ0n) is 15.9. The highest BCUT2D eigenvalue weighted by Crippen LogP contribution is 2.28. The quantitative estimate of drug-likeness (QED) is 0.488. The van der Waals surface area contributed by atoms with E-state index in [4.69, 9.17) is 11.6 Å². The van der Waals surface area contributed by atoms with Crippen LogP contribution in [-0.2, 0) is 11.3 Å². The van der Waals surface area contributed by atoms with Gasteiger partial charge in [0.2, 0.25) is 5.91 Å². The van der Waals surface area contributed by atoms with Crippen LogP contribution < -0.4 is 10.9 Å². The Kier molecular flexibility index (Phi) is 5.61. The number of amides is 1. The van der Waals surface area contributed by atoms with E-state index in [-0.39, 0.29) is 29.5 Å². The lowest BCUT2D eigenvalue weighted by atomic mass is 10.1. The molecule has 4 aromatic rings. The Labute approximate surface area is 180 Å². The fraction of sp³-hybridized carbons (Fsp3) is 0.143. The van der Waals surface area contributed by atoms with Crippen molar-refractivity contribution in [1.82, 2.24) is 14.5 Å². The summed E-state index contributed by atoms with van der Waals surface area (Å²) in [6, 6.07) is 9.77. The number of anilines is 1. The zero-order valence-corrected chi connectivity index (χ0v) is 17.4. The lowest BCUT2D eigenvalue weighted by Gasteiger charge is -2.07. The summed E-state index contributed by atoms with van der Waals surface area (Å²) in [6.07, 6.45) is 1.56. The highest BCUT2D eigenvalue weighted by atomic mass is 35.5. The lowest BCUT2D eigenvalue weighted by molar-refractivity contribution is -0.116. The molecule has 0 bridgehead atoms. The van der Waals surface area contributed by atoms with Gasteiger partial charge in [-0.3, -0.25) is 14.2 Å². The van der Waals surface area contributed by atoms with Crippen molar-refractivity contribution in [2.75, 3.05) is 5.32 Å². The van der Waals surface area contributed by atoms with Crippen LogP contribution in [0.15, 0.2) is 52.9 Å². The molecular weight excluding hydrogens is 427 g/mol. The predicted octanol–water partition coefficient (Wildman–Crippen LogP) is 4.65. The van der Waals surface area contributed by atoms with E-state index < -0.39 is 5.82 Å². The molecule has 4 rings (SSSR count). The Bertz CT molecular complexity index is 1320. The number of carbonyl (C=O) groups is 1. The molecule has 0 aliphatic rings. The van der Waals surface area contributed by atoms with Crippen molar-refractivity contribution >= 4 is 44.9 Å². The number of aromatic nitrogens is 3. The van der Waals surface area contributed by atoms with Crippen LogP contribution in [0.1, 0.15) is 12.0 Å². The summed E-state index contributed by atoms with van der Waals surface area (Å²) in [5, 5.41) is 5.42. The number of para-hydroxylation sites is 1. The van der Waals surface area contributed by atoms with Crippen LogP contribution >= 0.6 is 22.9 Å². The van der Waals surface area contributed by atoms with Gasteiger partial charge >= 0.3 is 0 Å². The van der Waals surface area contributed by atoms with Crippen molar-refractivity contribution in [3.63, 3.8) is 0 Å². The number of hydrogen-bond acceptors (Lipinski definition) is 5. The molecule has 0 unspecified atom stereocenters. The van der Waals surface area contributed by atoms with Gasteiger partial charge in [-0.05, 0) is 36.8 Å². The minimum absolute atomic E-state index is 0.00992. The molecule has 1 N–H and O–H groups in total. The maximum atomic E-state index is 13.3. The van der Waals surface area contributed by atoms with Crippen LogP contribution in [0, 0.1) is 12.7 Å². The molecule has 0 aliphatic carbocycles. The largest absolute Gasteiger partial charge is 0.302 e. The van der Waals surface area contributed by atoms with Crippen LogP contribution in [0.2, 0.25) is 5.02 Å². The van der Waals surface area contributed by atoms with E-state index in [1.807, 2.05) is 19.1 Å². The third kappa shape index (κ3) is 4.10. The number of aryl methyl sites for hydroxylation is 2. The molecule has 0 aliphatic heterocycles. The summed E-state index contributed by atoms with van der Waals surface area (Å²) in [6.45, 7) is 2.10. The SMILES string of the molecule is Cc1cccc2c(=O)n(CCC(=O)Nc3nc(-c4ccc(F)c(Cl)c4)cs3)cnc12. The number of fused-ring (bicyclic) bond motifs is 1. The summed E-state index contributed by atoms with van der Waals surface area (Å²) in [7, 11) is 0. The van der Waals surface area contributed by atoms with Crippen LogP contribution in [0.5, 0.6) is 0 Å². The van der Waals surface area contributed by atoms with Gasteiger partial charge in [0.1, 0.15) is 5.82 Å². The third-order valence-electron chi connectivity index (χ3n) is 4.60. The second kappa shape index (κ2) is 8.33. The number of hydrogen-bond donors (Lipinski definition) is 1. The van der Waals surface area contributed by atoms with Crippen molar-refractivity contribution in [2.45, 2.75) is 19.9 Å². The summed E-state index contributed by atoms with van der Waals surface area (Å²) >= 11 is 7.06. The van der Waals surface area contributed by atoms with Crippen molar-refractivity contribution in [2.24, 2.45) is 0 Å². The van der Waals surface area contributed by atoms with Crippen LogP contribution in [0.3, 0.4) is 0 Å². The van der Waals surface area contributed by atoms with E-state index in [9.17, 15) is 14.0 Å². The number of carbonyl (C=O) groups excluding carboxylic acids is 1. The second-order valence-corrected chi connectivity index (χ2v) is 7.94. The summed E-state index contributed by atoms with van der Waals surface area (Å²) in [5.74, 6) is -0.776. The molecule has 9 heteroatoms. The van der Waals surface area contributed by atoms with Crippen LogP contribution in [0.4, 0.5) is 9.52 Å². The van der Waals surface area contributed by atoms with Gasteiger partial charge in [0.15, 0.2) is 5.13 Å². The molecule has 2 heterocycles. The van der Waals surface area contributed by atoms with Crippen molar-refractivity contribution in [1.29, 1.82) is 0 Å². The van der Waals surface area contributed by atoms with Gasteiger partial charge in [0.25, 0.3) is 5.56 Å². The minimum atomic E-state index is -0.502.